The molecule has 0 aliphatic carbocycles. The highest BCUT2D eigenvalue weighted by molar-refractivity contribution is 8.03. The van der Waals surface area contributed by atoms with E-state index in [0.717, 1.165) is 5.88 Å². The van der Waals surface area contributed by atoms with Crippen molar-refractivity contribution in [3.05, 3.63) is 29.6 Å². The highest BCUT2D eigenvalue weighted by Crippen LogP contribution is 2.22. The normalized spacial score (nSPS) is 17.2. The zero-order chi connectivity index (χ0) is 7.68. The molecule has 0 bridgehead atoms. The fourth-order valence-corrected chi connectivity index (χ4v) is 1.66. The number of allylic oxidation sites excluding steroid dienone is 1. The first-order valence-electron chi connectivity index (χ1n) is 3.35. The van der Waals surface area contributed by atoms with Gasteiger partial charge in [0.25, 0.3) is 0 Å². The van der Waals surface area contributed by atoms with E-state index in [0.29, 0.717) is 0 Å². The molecule has 1 aliphatic rings. The van der Waals surface area contributed by atoms with Crippen molar-refractivity contribution in [3.63, 3.8) is 0 Å². The Morgan fingerprint density at radius 1 is 1.73 bits per heavy atom. The summed E-state index contributed by atoms with van der Waals surface area (Å²) < 4.78 is 0. The predicted molar refractivity (Wildman–Crippen MR) is 45.5 cm³/mol. The molecule has 2 rings (SSSR count). The first kappa shape index (κ1) is 6.79. The summed E-state index contributed by atoms with van der Waals surface area (Å²) in [7, 11) is 0. The molecule has 0 saturated heterocycles. The van der Waals surface area contributed by atoms with E-state index in [1.807, 2.05) is 23.0 Å². The van der Waals surface area contributed by atoms with Crippen molar-refractivity contribution in [1.82, 2.24) is 9.89 Å². The van der Waals surface area contributed by atoms with E-state index in [9.17, 15) is 0 Å². The topological polar surface area (TPSA) is 21.1 Å². The van der Waals surface area contributed by atoms with Gasteiger partial charge in [0, 0.05) is 17.2 Å². The van der Waals surface area contributed by atoms with E-state index in [2.05, 4.69) is 24.3 Å². The van der Waals surface area contributed by atoms with Crippen LogP contribution in [0.3, 0.4) is 0 Å². The first-order valence-corrected chi connectivity index (χ1v) is 4.34. The van der Waals surface area contributed by atoms with Crippen LogP contribution in [0.5, 0.6) is 0 Å². The molecule has 1 aromatic rings. The first-order chi connectivity index (χ1) is 5.36. The Bertz CT molecular complexity index is 265. The third-order valence-electron chi connectivity index (χ3n) is 1.46. The van der Waals surface area contributed by atoms with Gasteiger partial charge in [0.15, 0.2) is 0 Å². The standard InChI is InChI=1S/C7H8N3S/c1-7-5-9(6-11-7)10-4-2-3-8-10/h3-5H,6H2,1H3. The lowest BCUT2D eigenvalue weighted by Gasteiger charge is -2.12. The van der Waals surface area contributed by atoms with Gasteiger partial charge in [0.1, 0.15) is 0 Å². The van der Waals surface area contributed by atoms with Gasteiger partial charge in [0.2, 0.25) is 0 Å². The van der Waals surface area contributed by atoms with Crippen LogP contribution < -0.4 is 5.01 Å². The Morgan fingerprint density at radius 3 is 3.18 bits per heavy atom. The molecule has 4 heteroatoms. The zero-order valence-electron chi connectivity index (χ0n) is 6.19. The summed E-state index contributed by atoms with van der Waals surface area (Å²) in [6.45, 7) is 2.10. The predicted octanol–water partition coefficient (Wildman–Crippen LogP) is 1.19. The lowest BCUT2D eigenvalue weighted by molar-refractivity contribution is 0.658. The summed E-state index contributed by atoms with van der Waals surface area (Å²) in [6.07, 6.45) is 5.55. The quantitative estimate of drug-likeness (QED) is 0.625. The second-order valence-corrected chi connectivity index (χ2v) is 3.50. The van der Waals surface area contributed by atoms with Crippen LogP contribution in [0.25, 0.3) is 0 Å². The largest absolute Gasteiger partial charge is 0.262 e. The van der Waals surface area contributed by atoms with E-state index < -0.39 is 0 Å². The number of rotatable bonds is 1. The number of thioether (sulfide) groups is 1. The lowest BCUT2D eigenvalue weighted by Crippen LogP contribution is -2.26. The summed E-state index contributed by atoms with van der Waals surface area (Å²) in [5, 5.41) is 6.10. The maximum absolute atomic E-state index is 4.06. The van der Waals surface area contributed by atoms with Crippen LogP contribution >= 0.6 is 11.8 Å². The highest BCUT2D eigenvalue weighted by Gasteiger charge is 2.10. The summed E-state index contributed by atoms with van der Waals surface area (Å²) in [5.41, 5.74) is 0. The van der Waals surface area contributed by atoms with E-state index in [1.165, 1.54) is 4.91 Å². The minimum atomic E-state index is 0.946. The summed E-state index contributed by atoms with van der Waals surface area (Å²) in [5.74, 6) is 0.946. The second-order valence-electron chi connectivity index (χ2n) is 2.31. The van der Waals surface area contributed by atoms with Gasteiger partial charge in [-0.1, -0.05) is 0 Å². The van der Waals surface area contributed by atoms with E-state index >= 15 is 0 Å². The third-order valence-corrected chi connectivity index (χ3v) is 2.41. The number of nitrogens with zero attached hydrogens (tertiary/aromatic N) is 3. The average molecular weight is 166 g/mol. The fourth-order valence-electron chi connectivity index (χ4n) is 0.937. The summed E-state index contributed by atoms with van der Waals surface area (Å²) in [6, 6.07) is 2.89. The van der Waals surface area contributed by atoms with Gasteiger partial charge in [-0.25, -0.2) is 0 Å². The van der Waals surface area contributed by atoms with Crippen molar-refractivity contribution < 1.29 is 0 Å². The van der Waals surface area contributed by atoms with Crippen molar-refractivity contribution in [3.8, 4) is 0 Å². The molecule has 1 aromatic heterocycles. The molecule has 0 unspecified atom stereocenters. The second kappa shape index (κ2) is 2.62. The molecule has 0 atom stereocenters. The molecular formula is C7H8N3S. The SMILES string of the molecule is CC1=CN(n2c[c]cn2)CS1. The molecule has 3 nitrogen and oxygen atoms in total. The number of hydrogen-bond acceptors (Lipinski definition) is 3. The highest BCUT2D eigenvalue weighted by atomic mass is 32.2. The van der Waals surface area contributed by atoms with Crippen LogP contribution in [-0.2, 0) is 0 Å². The van der Waals surface area contributed by atoms with Gasteiger partial charge in [-0.05, 0) is 6.92 Å². The maximum Gasteiger partial charge on any atom is 0.0906 e. The molecule has 1 aliphatic heterocycles. The molecule has 0 saturated carbocycles. The third kappa shape index (κ3) is 1.26. The monoisotopic (exact) mass is 166 g/mol. The molecule has 0 fully saturated rings. The summed E-state index contributed by atoms with van der Waals surface area (Å²) in [4.78, 5) is 3.10. The Hall–Kier alpha value is -0.900. The van der Waals surface area contributed by atoms with Gasteiger partial charge in [-0.3, -0.25) is 5.01 Å². The van der Waals surface area contributed by atoms with Crippen LogP contribution in [-0.4, -0.2) is 15.8 Å². The molecule has 1 radical (unpaired) electrons. The minimum absolute atomic E-state index is 0.946. The Morgan fingerprint density at radius 2 is 2.64 bits per heavy atom. The van der Waals surface area contributed by atoms with E-state index in [4.69, 9.17) is 0 Å². The molecule has 0 spiro atoms. The van der Waals surface area contributed by atoms with Crippen molar-refractivity contribution in [2.45, 2.75) is 6.92 Å². The maximum atomic E-state index is 4.06. The van der Waals surface area contributed by atoms with Gasteiger partial charge >= 0.3 is 0 Å². The van der Waals surface area contributed by atoms with Gasteiger partial charge in [0.05, 0.1) is 18.3 Å². The van der Waals surface area contributed by atoms with Gasteiger partial charge < -0.3 is 0 Å². The number of hydrogen-bond donors (Lipinski definition) is 0. The Balaban J connectivity index is 2.20. The van der Waals surface area contributed by atoms with Crippen molar-refractivity contribution in [1.29, 1.82) is 0 Å². The average Bonchev–Trinajstić information content (AvgIpc) is 2.55. The van der Waals surface area contributed by atoms with Crippen LogP contribution in [0.4, 0.5) is 0 Å². The summed E-state index contributed by atoms with van der Waals surface area (Å²) >= 11 is 1.82. The van der Waals surface area contributed by atoms with Crippen molar-refractivity contribution >= 4 is 11.8 Å². The molecular weight excluding hydrogens is 158 g/mol. The number of aromatic nitrogens is 2. The zero-order valence-corrected chi connectivity index (χ0v) is 7.01. The molecule has 57 valence electrons. The Kier molecular flexibility index (Phi) is 1.62. The van der Waals surface area contributed by atoms with Crippen molar-refractivity contribution in [2.75, 3.05) is 10.9 Å². The van der Waals surface area contributed by atoms with Crippen LogP contribution in [0.2, 0.25) is 0 Å². The van der Waals surface area contributed by atoms with E-state index in [1.54, 1.807) is 11.0 Å². The van der Waals surface area contributed by atoms with Crippen LogP contribution in [0.15, 0.2) is 23.5 Å². The Labute approximate surface area is 69.7 Å². The van der Waals surface area contributed by atoms with Gasteiger partial charge in [-0.15, -0.1) is 11.8 Å². The van der Waals surface area contributed by atoms with Crippen molar-refractivity contribution in [2.24, 2.45) is 0 Å². The van der Waals surface area contributed by atoms with Crippen LogP contribution in [0, 0.1) is 6.07 Å². The van der Waals surface area contributed by atoms with Gasteiger partial charge in [-0.2, -0.15) is 9.89 Å². The van der Waals surface area contributed by atoms with Crippen LogP contribution in [0.1, 0.15) is 6.92 Å². The smallest absolute Gasteiger partial charge is 0.0906 e. The van der Waals surface area contributed by atoms with E-state index in [-0.39, 0.29) is 0 Å². The molecule has 0 amide bonds. The molecule has 0 aromatic carbocycles. The molecule has 11 heavy (non-hydrogen) atoms. The lowest BCUT2D eigenvalue weighted by atomic mass is 10.7. The fraction of sp³-hybridized carbons (Fsp3) is 0.286. The minimum Gasteiger partial charge on any atom is -0.262 e. The molecule has 0 N–H and O–H groups in total. The molecule has 2 heterocycles.